The topological polar surface area (TPSA) is 75.2 Å². The molecule has 3 heterocycles. The number of carbonyl (C=O) groups excluding carboxylic acids is 2. The van der Waals surface area contributed by atoms with Crippen molar-refractivity contribution < 1.29 is 9.59 Å². The Morgan fingerprint density at radius 1 is 1.19 bits per heavy atom. The SMILES string of the molecule is CC(C)NC(=O)c1sc2ccccc2c1C[C@@H]1CCCCCN1C(=O)c1cnccn1. The molecule has 162 valence electrons. The number of amides is 2. The summed E-state index contributed by atoms with van der Waals surface area (Å²) in [5, 5.41) is 4.15. The predicted molar refractivity (Wildman–Crippen MR) is 123 cm³/mol. The number of carbonyl (C=O) groups is 2. The lowest BCUT2D eigenvalue weighted by molar-refractivity contribution is 0.0676. The minimum atomic E-state index is -0.0762. The van der Waals surface area contributed by atoms with Gasteiger partial charge in [-0.3, -0.25) is 14.6 Å². The molecule has 0 radical (unpaired) electrons. The first-order chi connectivity index (χ1) is 15.0. The van der Waals surface area contributed by atoms with Crippen LogP contribution < -0.4 is 5.32 Å². The number of fused-ring (bicyclic) bond motifs is 1. The summed E-state index contributed by atoms with van der Waals surface area (Å²) in [5.74, 6) is -0.112. The van der Waals surface area contributed by atoms with Gasteiger partial charge in [0, 0.05) is 35.7 Å². The van der Waals surface area contributed by atoms with E-state index >= 15 is 0 Å². The van der Waals surface area contributed by atoms with Crippen molar-refractivity contribution in [3.05, 3.63) is 59.0 Å². The third-order valence-corrected chi connectivity index (χ3v) is 6.90. The van der Waals surface area contributed by atoms with Gasteiger partial charge in [-0.2, -0.15) is 0 Å². The maximum absolute atomic E-state index is 13.3. The summed E-state index contributed by atoms with van der Waals surface area (Å²) in [6.45, 7) is 4.64. The van der Waals surface area contributed by atoms with Gasteiger partial charge in [0.15, 0.2) is 0 Å². The number of nitrogens with zero attached hydrogens (tertiary/aromatic N) is 3. The fraction of sp³-hybridized carbons (Fsp3) is 0.417. The number of nitrogens with one attached hydrogen (secondary N) is 1. The molecule has 1 aliphatic rings. The van der Waals surface area contributed by atoms with E-state index in [1.807, 2.05) is 30.9 Å². The molecule has 2 amide bonds. The van der Waals surface area contributed by atoms with E-state index in [-0.39, 0.29) is 23.9 Å². The zero-order valence-corrected chi connectivity index (χ0v) is 18.8. The average Bonchev–Trinajstić information content (AvgIpc) is 2.97. The normalized spacial score (nSPS) is 17.0. The van der Waals surface area contributed by atoms with Crippen molar-refractivity contribution in [3.63, 3.8) is 0 Å². The fourth-order valence-corrected chi connectivity index (χ4v) is 5.40. The smallest absolute Gasteiger partial charge is 0.274 e. The van der Waals surface area contributed by atoms with Crippen LogP contribution in [0.25, 0.3) is 10.1 Å². The van der Waals surface area contributed by atoms with Gasteiger partial charge in [0.25, 0.3) is 11.8 Å². The Morgan fingerprint density at radius 2 is 2.03 bits per heavy atom. The summed E-state index contributed by atoms with van der Waals surface area (Å²) < 4.78 is 1.10. The van der Waals surface area contributed by atoms with Gasteiger partial charge in [0.1, 0.15) is 5.69 Å². The molecule has 4 rings (SSSR count). The van der Waals surface area contributed by atoms with Crippen LogP contribution in [-0.2, 0) is 6.42 Å². The molecule has 0 aliphatic carbocycles. The van der Waals surface area contributed by atoms with Crippen molar-refractivity contribution in [2.45, 2.75) is 58.0 Å². The van der Waals surface area contributed by atoms with Crippen LogP contribution in [-0.4, -0.2) is 45.3 Å². The number of hydrogen-bond donors (Lipinski definition) is 1. The first-order valence-electron chi connectivity index (χ1n) is 10.9. The Labute approximate surface area is 186 Å². The van der Waals surface area contributed by atoms with Gasteiger partial charge < -0.3 is 10.2 Å². The summed E-state index contributed by atoms with van der Waals surface area (Å²) in [5.41, 5.74) is 1.42. The number of likely N-dealkylation sites (tertiary alicyclic amines) is 1. The number of hydrogen-bond acceptors (Lipinski definition) is 5. The zero-order valence-electron chi connectivity index (χ0n) is 18.0. The lowest BCUT2D eigenvalue weighted by atomic mass is 9.97. The van der Waals surface area contributed by atoms with Crippen LogP contribution in [0.15, 0.2) is 42.9 Å². The Balaban J connectivity index is 1.70. The molecule has 0 unspecified atom stereocenters. The molecule has 2 aromatic heterocycles. The maximum atomic E-state index is 13.3. The number of thiophene rings is 1. The first-order valence-corrected chi connectivity index (χ1v) is 11.7. The molecule has 0 spiro atoms. The Morgan fingerprint density at radius 3 is 2.81 bits per heavy atom. The Kier molecular flexibility index (Phi) is 6.61. The molecular weight excluding hydrogens is 408 g/mol. The minimum Gasteiger partial charge on any atom is -0.349 e. The monoisotopic (exact) mass is 436 g/mol. The predicted octanol–water partition coefficient (Wildman–Crippen LogP) is 4.46. The minimum absolute atomic E-state index is 0.0283. The van der Waals surface area contributed by atoms with Crippen LogP contribution in [0.2, 0.25) is 0 Å². The van der Waals surface area contributed by atoms with Gasteiger partial charge in [-0.05, 0) is 50.1 Å². The molecule has 7 heteroatoms. The van der Waals surface area contributed by atoms with Crippen molar-refractivity contribution in [3.8, 4) is 0 Å². The molecule has 1 aromatic carbocycles. The number of benzene rings is 1. The highest BCUT2D eigenvalue weighted by molar-refractivity contribution is 7.21. The summed E-state index contributed by atoms with van der Waals surface area (Å²) in [7, 11) is 0. The molecule has 1 saturated heterocycles. The standard InChI is InChI=1S/C24H28N4O2S/c1-16(2)27-23(29)22-19(18-9-5-6-10-21(18)31-22)14-17-8-4-3-7-13-28(17)24(30)20-15-25-11-12-26-20/h5-6,9-12,15-17H,3-4,7-8,13-14H2,1-2H3,(H,27,29)/t17-/m0/s1. The van der Waals surface area contributed by atoms with Gasteiger partial charge in [-0.1, -0.05) is 31.0 Å². The highest BCUT2D eigenvalue weighted by atomic mass is 32.1. The van der Waals surface area contributed by atoms with E-state index in [4.69, 9.17) is 0 Å². The lowest BCUT2D eigenvalue weighted by Gasteiger charge is -2.30. The average molecular weight is 437 g/mol. The van der Waals surface area contributed by atoms with Crippen LogP contribution in [0.1, 0.15) is 65.3 Å². The van der Waals surface area contributed by atoms with Crippen molar-refractivity contribution in [2.24, 2.45) is 0 Å². The van der Waals surface area contributed by atoms with E-state index in [1.165, 1.54) is 17.5 Å². The molecule has 1 atom stereocenters. The molecule has 1 N–H and O–H groups in total. The molecule has 3 aromatic rings. The van der Waals surface area contributed by atoms with Gasteiger partial charge in [0.2, 0.25) is 0 Å². The van der Waals surface area contributed by atoms with Crippen LogP contribution in [0.5, 0.6) is 0 Å². The van der Waals surface area contributed by atoms with Crippen molar-refractivity contribution >= 4 is 33.2 Å². The molecule has 0 bridgehead atoms. The van der Waals surface area contributed by atoms with E-state index in [0.717, 1.165) is 46.2 Å². The van der Waals surface area contributed by atoms with Gasteiger partial charge >= 0.3 is 0 Å². The van der Waals surface area contributed by atoms with Crippen LogP contribution in [0.4, 0.5) is 0 Å². The second kappa shape index (κ2) is 9.56. The lowest BCUT2D eigenvalue weighted by Crippen LogP contribution is -2.42. The molecule has 0 saturated carbocycles. The Bertz CT molecular complexity index is 1060. The molecule has 6 nitrogen and oxygen atoms in total. The fourth-order valence-electron chi connectivity index (χ4n) is 4.26. The largest absolute Gasteiger partial charge is 0.349 e. The van der Waals surface area contributed by atoms with E-state index < -0.39 is 0 Å². The summed E-state index contributed by atoms with van der Waals surface area (Å²) in [6.07, 6.45) is 9.41. The zero-order chi connectivity index (χ0) is 21.8. The van der Waals surface area contributed by atoms with E-state index in [1.54, 1.807) is 12.4 Å². The van der Waals surface area contributed by atoms with Crippen LogP contribution in [0.3, 0.4) is 0 Å². The van der Waals surface area contributed by atoms with E-state index in [0.29, 0.717) is 18.7 Å². The Hall–Kier alpha value is -2.80. The first kappa shape index (κ1) is 21.4. The van der Waals surface area contributed by atoms with E-state index in [2.05, 4.69) is 27.4 Å². The summed E-state index contributed by atoms with van der Waals surface area (Å²) in [6, 6.07) is 8.25. The third-order valence-electron chi connectivity index (χ3n) is 5.68. The van der Waals surface area contributed by atoms with Gasteiger partial charge in [-0.25, -0.2) is 4.98 Å². The molecule has 31 heavy (non-hydrogen) atoms. The van der Waals surface area contributed by atoms with E-state index in [9.17, 15) is 9.59 Å². The van der Waals surface area contributed by atoms with Crippen LogP contribution >= 0.6 is 11.3 Å². The number of rotatable bonds is 5. The summed E-state index contributed by atoms with van der Waals surface area (Å²) >= 11 is 1.54. The highest BCUT2D eigenvalue weighted by Gasteiger charge is 2.30. The quantitative estimate of drug-likeness (QED) is 0.641. The van der Waals surface area contributed by atoms with Crippen molar-refractivity contribution in [1.82, 2.24) is 20.2 Å². The van der Waals surface area contributed by atoms with Gasteiger partial charge in [-0.15, -0.1) is 11.3 Å². The molecule has 1 fully saturated rings. The molecule has 1 aliphatic heterocycles. The van der Waals surface area contributed by atoms with Crippen molar-refractivity contribution in [1.29, 1.82) is 0 Å². The summed E-state index contributed by atoms with van der Waals surface area (Å²) in [4.78, 5) is 37.3. The number of aromatic nitrogens is 2. The maximum Gasteiger partial charge on any atom is 0.274 e. The van der Waals surface area contributed by atoms with Crippen molar-refractivity contribution in [2.75, 3.05) is 6.54 Å². The van der Waals surface area contributed by atoms with Crippen LogP contribution in [0, 0.1) is 0 Å². The third kappa shape index (κ3) is 4.77. The molecular formula is C24H28N4O2S. The van der Waals surface area contributed by atoms with Gasteiger partial charge in [0.05, 0.1) is 11.1 Å². The second-order valence-electron chi connectivity index (χ2n) is 8.33. The second-order valence-corrected chi connectivity index (χ2v) is 9.38. The highest BCUT2D eigenvalue weighted by Crippen LogP contribution is 2.34.